The second kappa shape index (κ2) is 6.72. The Labute approximate surface area is 122 Å². The molecule has 0 aliphatic rings. The quantitative estimate of drug-likeness (QED) is 0.756. The smallest absolute Gasteiger partial charge is 0.270 e. The molecule has 0 saturated carbocycles. The van der Waals surface area contributed by atoms with Crippen LogP contribution in [0.2, 0.25) is 0 Å². The molecule has 0 radical (unpaired) electrons. The summed E-state index contributed by atoms with van der Waals surface area (Å²) in [4.78, 5) is 14.7. The van der Waals surface area contributed by atoms with Gasteiger partial charge in [-0.15, -0.1) is 11.3 Å². The predicted octanol–water partition coefficient (Wildman–Crippen LogP) is 2.87. The molecule has 0 spiro atoms. The Morgan fingerprint density at radius 2 is 2.05 bits per heavy atom. The molecule has 0 aromatic carbocycles. The molecule has 0 unspecified atom stereocenters. The number of carbonyl (C=O) groups excluding carboxylic acids is 1. The van der Waals surface area contributed by atoms with Crippen LogP contribution in [0.25, 0.3) is 0 Å². The zero-order valence-electron chi connectivity index (χ0n) is 11.2. The van der Waals surface area contributed by atoms with Crippen LogP contribution in [-0.4, -0.2) is 31.8 Å². The van der Waals surface area contributed by atoms with Gasteiger partial charge in [0.25, 0.3) is 9.05 Å². The number of rotatable bonds is 6. The normalized spacial score (nSPS) is 11.8. The summed E-state index contributed by atoms with van der Waals surface area (Å²) in [7, 11) is 1.56. The highest BCUT2D eigenvalue weighted by Crippen LogP contribution is 2.25. The van der Waals surface area contributed by atoms with Crippen LogP contribution in [0.4, 0.5) is 0 Å². The minimum absolute atomic E-state index is 0.0113. The van der Waals surface area contributed by atoms with Crippen molar-refractivity contribution in [1.29, 1.82) is 0 Å². The molecule has 1 heterocycles. The third-order valence-electron chi connectivity index (χ3n) is 2.61. The summed E-state index contributed by atoms with van der Waals surface area (Å²) in [5.74, 6) is 0.0113. The molecule has 0 atom stereocenters. The van der Waals surface area contributed by atoms with Gasteiger partial charge in [0.2, 0.25) is 5.91 Å². The van der Waals surface area contributed by atoms with Crippen LogP contribution in [0, 0.1) is 0 Å². The second-order valence-corrected chi connectivity index (χ2v) is 8.48. The van der Waals surface area contributed by atoms with Crippen molar-refractivity contribution in [2.45, 2.75) is 43.9 Å². The lowest BCUT2D eigenvalue weighted by Gasteiger charge is -2.26. The van der Waals surface area contributed by atoms with E-state index in [1.165, 1.54) is 6.07 Å². The number of nitrogens with zero attached hydrogens (tertiary/aromatic N) is 1. The fourth-order valence-electron chi connectivity index (χ4n) is 1.75. The largest absolute Gasteiger partial charge is 0.340 e. The third-order valence-corrected chi connectivity index (χ3v) is 5.79. The third kappa shape index (κ3) is 4.78. The topological polar surface area (TPSA) is 54.5 Å². The zero-order valence-corrected chi connectivity index (χ0v) is 13.6. The van der Waals surface area contributed by atoms with Crippen molar-refractivity contribution >= 4 is 37.0 Å². The first-order valence-corrected chi connectivity index (χ1v) is 9.21. The first-order chi connectivity index (χ1) is 8.75. The summed E-state index contributed by atoms with van der Waals surface area (Å²) in [6.07, 6.45) is 1.12. The van der Waals surface area contributed by atoms with Gasteiger partial charge in [0.1, 0.15) is 4.21 Å². The number of amides is 1. The molecular formula is C12H18ClNO3S2. The van der Waals surface area contributed by atoms with E-state index in [9.17, 15) is 13.2 Å². The molecule has 108 valence electrons. The Kier molecular flexibility index (Phi) is 5.82. The molecule has 0 saturated heterocycles. The van der Waals surface area contributed by atoms with Gasteiger partial charge in [0, 0.05) is 28.1 Å². The van der Waals surface area contributed by atoms with E-state index in [1.54, 1.807) is 11.0 Å². The molecular weight excluding hydrogens is 306 g/mol. The molecule has 7 heteroatoms. The molecule has 1 amide bonds. The maximum Gasteiger partial charge on any atom is 0.270 e. The van der Waals surface area contributed by atoms with Gasteiger partial charge in [-0.2, -0.15) is 0 Å². The predicted molar refractivity (Wildman–Crippen MR) is 78.2 cm³/mol. The van der Waals surface area contributed by atoms with Crippen LogP contribution < -0.4 is 0 Å². The summed E-state index contributed by atoms with van der Waals surface area (Å²) >= 11 is 1.05. The highest BCUT2D eigenvalue weighted by Gasteiger charge is 2.19. The van der Waals surface area contributed by atoms with Crippen LogP contribution in [0.1, 0.15) is 32.1 Å². The highest BCUT2D eigenvalue weighted by atomic mass is 35.7. The first-order valence-electron chi connectivity index (χ1n) is 6.08. The van der Waals surface area contributed by atoms with E-state index in [1.807, 2.05) is 20.8 Å². The van der Waals surface area contributed by atoms with E-state index in [4.69, 9.17) is 10.7 Å². The average Bonchev–Trinajstić information content (AvgIpc) is 2.73. The van der Waals surface area contributed by atoms with Gasteiger partial charge in [-0.25, -0.2) is 8.42 Å². The number of thiophene rings is 1. The van der Waals surface area contributed by atoms with Crippen molar-refractivity contribution in [1.82, 2.24) is 4.90 Å². The van der Waals surface area contributed by atoms with E-state index >= 15 is 0 Å². The Morgan fingerprint density at radius 1 is 1.42 bits per heavy atom. The van der Waals surface area contributed by atoms with Crippen molar-refractivity contribution in [3.8, 4) is 0 Å². The van der Waals surface area contributed by atoms with Crippen molar-refractivity contribution in [3.63, 3.8) is 0 Å². The van der Waals surface area contributed by atoms with Gasteiger partial charge in [-0.1, -0.05) is 6.92 Å². The van der Waals surface area contributed by atoms with Gasteiger partial charge in [0.15, 0.2) is 0 Å². The Balaban J connectivity index is 2.79. The Hall–Kier alpha value is -0.590. The van der Waals surface area contributed by atoms with Crippen LogP contribution in [-0.2, 0) is 20.3 Å². The maximum absolute atomic E-state index is 12.2. The summed E-state index contributed by atoms with van der Waals surface area (Å²) < 4.78 is 22.4. The molecule has 0 aliphatic heterocycles. The van der Waals surface area contributed by atoms with Crippen LogP contribution >= 0.6 is 22.0 Å². The van der Waals surface area contributed by atoms with Gasteiger partial charge in [-0.05, 0) is 32.4 Å². The van der Waals surface area contributed by atoms with E-state index in [0.29, 0.717) is 11.4 Å². The van der Waals surface area contributed by atoms with Crippen molar-refractivity contribution in [2.24, 2.45) is 0 Å². The molecule has 0 bridgehead atoms. The number of carbonyl (C=O) groups is 1. The van der Waals surface area contributed by atoms with Crippen molar-refractivity contribution in [2.75, 3.05) is 6.54 Å². The van der Waals surface area contributed by atoms with E-state index < -0.39 is 9.05 Å². The maximum atomic E-state index is 12.2. The van der Waals surface area contributed by atoms with Gasteiger partial charge in [0.05, 0.1) is 6.42 Å². The number of hydrogen-bond donors (Lipinski definition) is 0. The van der Waals surface area contributed by atoms with Crippen LogP contribution in [0.15, 0.2) is 16.3 Å². The molecule has 4 nitrogen and oxygen atoms in total. The highest BCUT2D eigenvalue weighted by molar-refractivity contribution is 8.15. The molecule has 0 fully saturated rings. The zero-order chi connectivity index (χ0) is 14.6. The summed E-state index contributed by atoms with van der Waals surface area (Å²) in [5.41, 5.74) is 0. The lowest BCUT2D eigenvalue weighted by Crippen LogP contribution is -2.38. The summed E-state index contributed by atoms with van der Waals surface area (Å²) in [6.45, 7) is 6.67. The number of halogens is 1. The molecule has 1 aromatic rings. The van der Waals surface area contributed by atoms with E-state index in [2.05, 4.69) is 0 Å². The second-order valence-electron chi connectivity index (χ2n) is 4.52. The summed E-state index contributed by atoms with van der Waals surface area (Å²) in [5, 5.41) is 0. The standard InChI is InChI=1S/C12H18ClNO3S2/c1-4-7-14(9(2)3)11(15)8-10-5-6-12(18-10)19(13,16)17/h5-6,9H,4,7-8H2,1-3H3. The molecule has 1 aromatic heterocycles. The lowest BCUT2D eigenvalue weighted by molar-refractivity contribution is -0.132. The van der Waals surface area contributed by atoms with Gasteiger partial charge in [-0.3, -0.25) is 4.79 Å². The lowest BCUT2D eigenvalue weighted by atomic mass is 10.2. The summed E-state index contributed by atoms with van der Waals surface area (Å²) in [6, 6.07) is 3.22. The SMILES string of the molecule is CCCN(C(=O)Cc1ccc(S(=O)(=O)Cl)s1)C(C)C. The van der Waals surface area contributed by atoms with Crippen LogP contribution in [0.3, 0.4) is 0 Å². The first kappa shape index (κ1) is 16.5. The van der Waals surface area contributed by atoms with Crippen LogP contribution in [0.5, 0.6) is 0 Å². The molecule has 1 rings (SSSR count). The van der Waals surface area contributed by atoms with Gasteiger partial charge < -0.3 is 4.90 Å². The molecule has 0 aliphatic carbocycles. The molecule has 19 heavy (non-hydrogen) atoms. The van der Waals surface area contributed by atoms with Crippen molar-refractivity contribution in [3.05, 3.63) is 17.0 Å². The van der Waals surface area contributed by atoms with Gasteiger partial charge >= 0.3 is 0 Å². The van der Waals surface area contributed by atoms with Crippen molar-refractivity contribution < 1.29 is 13.2 Å². The number of hydrogen-bond acceptors (Lipinski definition) is 4. The Morgan fingerprint density at radius 3 is 2.47 bits per heavy atom. The Bertz CT molecular complexity index is 537. The monoisotopic (exact) mass is 323 g/mol. The van der Waals surface area contributed by atoms with E-state index in [0.717, 1.165) is 17.8 Å². The minimum Gasteiger partial charge on any atom is -0.340 e. The molecule has 0 N–H and O–H groups in total. The fourth-order valence-corrected chi connectivity index (χ4v) is 3.86. The average molecular weight is 324 g/mol. The minimum atomic E-state index is -3.70. The van der Waals surface area contributed by atoms with E-state index in [-0.39, 0.29) is 22.6 Å². The fraction of sp³-hybridized carbons (Fsp3) is 0.583.